The minimum absolute atomic E-state index is 0.153. The zero-order valence-corrected chi connectivity index (χ0v) is 9.89. The monoisotopic (exact) mass is 228 g/mol. The summed E-state index contributed by atoms with van der Waals surface area (Å²) >= 11 is 0. The molecule has 2 N–H and O–H groups in total. The van der Waals surface area contributed by atoms with Gasteiger partial charge in [-0.3, -0.25) is 4.79 Å². The molecule has 17 heavy (non-hydrogen) atoms. The Morgan fingerprint density at radius 1 is 1.24 bits per heavy atom. The number of carbonyl (C=O) groups excluding carboxylic acids is 1. The number of hydrogen-bond acceptors (Lipinski definition) is 2. The fourth-order valence-corrected chi connectivity index (χ4v) is 1.88. The van der Waals surface area contributed by atoms with E-state index in [9.17, 15) is 4.79 Å². The van der Waals surface area contributed by atoms with Crippen molar-refractivity contribution in [3.05, 3.63) is 48.3 Å². The number of nitrogen functional groups attached to an aromatic ring is 1. The average Bonchev–Trinajstić information content (AvgIpc) is 2.79. The number of nitrogens with zero attached hydrogens (tertiary/aromatic N) is 1. The maximum Gasteiger partial charge on any atom is 0.179 e. The standard InChI is InChI=1S/C14H16N2O/c1-2-6-14(17)13-9-5-10-16(13)12-8-4-3-7-11(12)15/h3-5,7-10H,2,6,15H2,1H3. The van der Waals surface area contributed by atoms with Gasteiger partial charge in [0.05, 0.1) is 17.1 Å². The van der Waals surface area contributed by atoms with E-state index in [1.165, 1.54) is 0 Å². The summed E-state index contributed by atoms with van der Waals surface area (Å²) in [6, 6.07) is 11.3. The Kier molecular flexibility index (Phi) is 3.28. The number of anilines is 1. The number of nitrogens with two attached hydrogens (primary N) is 1. The summed E-state index contributed by atoms with van der Waals surface area (Å²) in [7, 11) is 0. The normalized spacial score (nSPS) is 10.4. The first kappa shape index (κ1) is 11.5. The highest BCUT2D eigenvalue weighted by Gasteiger charge is 2.12. The van der Waals surface area contributed by atoms with Gasteiger partial charge in [0, 0.05) is 12.6 Å². The second-order valence-corrected chi connectivity index (χ2v) is 4.00. The molecule has 0 spiro atoms. The van der Waals surface area contributed by atoms with Gasteiger partial charge in [-0.05, 0) is 30.7 Å². The maximum absolute atomic E-state index is 11.9. The molecule has 0 bridgehead atoms. The van der Waals surface area contributed by atoms with Gasteiger partial charge < -0.3 is 10.3 Å². The first-order chi connectivity index (χ1) is 8.24. The lowest BCUT2D eigenvalue weighted by atomic mass is 10.1. The summed E-state index contributed by atoms with van der Waals surface area (Å²) in [4.78, 5) is 11.9. The molecule has 3 nitrogen and oxygen atoms in total. The van der Waals surface area contributed by atoms with Crippen LogP contribution in [0.3, 0.4) is 0 Å². The Morgan fingerprint density at radius 3 is 2.71 bits per heavy atom. The van der Waals surface area contributed by atoms with E-state index in [1.807, 2.05) is 54.1 Å². The Labute approximate surface area is 101 Å². The van der Waals surface area contributed by atoms with Crippen molar-refractivity contribution in [3.63, 3.8) is 0 Å². The smallest absolute Gasteiger partial charge is 0.179 e. The lowest BCUT2D eigenvalue weighted by molar-refractivity contribution is 0.0975. The summed E-state index contributed by atoms with van der Waals surface area (Å²) < 4.78 is 1.85. The van der Waals surface area contributed by atoms with Gasteiger partial charge in [-0.15, -0.1) is 0 Å². The van der Waals surface area contributed by atoms with Crippen molar-refractivity contribution < 1.29 is 4.79 Å². The SMILES string of the molecule is CCCC(=O)c1cccn1-c1ccccc1N. The highest BCUT2D eigenvalue weighted by molar-refractivity contribution is 5.95. The van der Waals surface area contributed by atoms with Crippen LogP contribution in [-0.4, -0.2) is 10.4 Å². The number of rotatable bonds is 4. The van der Waals surface area contributed by atoms with Crippen LogP contribution in [0.25, 0.3) is 5.69 Å². The lowest BCUT2D eigenvalue weighted by Crippen LogP contribution is -2.08. The number of ketones is 1. The first-order valence-corrected chi connectivity index (χ1v) is 5.79. The quantitative estimate of drug-likeness (QED) is 0.646. The van der Waals surface area contributed by atoms with Crippen LogP contribution in [0.1, 0.15) is 30.3 Å². The second-order valence-electron chi connectivity index (χ2n) is 4.00. The molecule has 1 aromatic heterocycles. The fraction of sp³-hybridized carbons (Fsp3) is 0.214. The van der Waals surface area contributed by atoms with Crippen LogP contribution in [-0.2, 0) is 0 Å². The highest BCUT2D eigenvalue weighted by atomic mass is 16.1. The number of Topliss-reactive ketones (excluding diaryl/α,β-unsaturated/α-hetero) is 1. The molecule has 2 rings (SSSR count). The molecule has 3 heteroatoms. The molecule has 0 saturated heterocycles. The molecule has 0 amide bonds. The van der Waals surface area contributed by atoms with Crippen molar-refractivity contribution >= 4 is 11.5 Å². The molecule has 0 unspecified atom stereocenters. The molecular formula is C14H16N2O. The van der Waals surface area contributed by atoms with E-state index in [1.54, 1.807) is 0 Å². The molecule has 2 aromatic rings. The van der Waals surface area contributed by atoms with Crippen LogP contribution in [0, 0.1) is 0 Å². The van der Waals surface area contributed by atoms with Crippen LogP contribution in [0.2, 0.25) is 0 Å². The third kappa shape index (κ3) is 2.23. The largest absolute Gasteiger partial charge is 0.397 e. The van der Waals surface area contributed by atoms with Crippen molar-refractivity contribution in [2.45, 2.75) is 19.8 Å². The number of carbonyl (C=O) groups is 1. The maximum atomic E-state index is 11.9. The molecule has 0 fully saturated rings. The molecule has 0 aliphatic carbocycles. The Bertz CT molecular complexity index is 529. The Hall–Kier alpha value is -2.03. The Morgan fingerprint density at radius 2 is 2.00 bits per heavy atom. The molecule has 0 atom stereocenters. The topological polar surface area (TPSA) is 48.0 Å². The van der Waals surface area contributed by atoms with Gasteiger partial charge in [-0.25, -0.2) is 0 Å². The van der Waals surface area contributed by atoms with Crippen LogP contribution >= 0.6 is 0 Å². The van der Waals surface area contributed by atoms with Crippen molar-refractivity contribution in [1.82, 2.24) is 4.57 Å². The molecule has 0 aliphatic heterocycles. The third-order valence-corrected chi connectivity index (χ3v) is 2.71. The van der Waals surface area contributed by atoms with Gasteiger partial charge in [0.2, 0.25) is 0 Å². The van der Waals surface area contributed by atoms with E-state index in [2.05, 4.69) is 0 Å². The molecular weight excluding hydrogens is 212 g/mol. The van der Waals surface area contributed by atoms with Gasteiger partial charge >= 0.3 is 0 Å². The van der Waals surface area contributed by atoms with Crippen molar-refractivity contribution in [3.8, 4) is 5.69 Å². The van der Waals surface area contributed by atoms with Gasteiger partial charge in [-0.1, -0.05) is 19.1 Å². The number of para-hydroxylation sites is 2. The highest BCUT2D eigenvalue weighted by Crippen LogP contribution is 2.20. The lowest BCUT2D eigenvalue weighted by Gasteiger charge is -2.10. The summed E-state index contributed by atoms with van der Waals surface area (Å²) in [5, 5.41) is 0. The second kappa shape index (κ2) is 4.87. The average molecular weight is 228 g/mol. The van der Waals surface area contributed by atoms with E-state index in [4.69, 9.17) is 5.73 Å². The molecule has 1 aromatic carbocycles. The van der Waals surface area contributed by atoms with Crippen LogP contribution in [0.4, 0.5) is 5.69 Å². The predicted molar refractivity (Wildman–Crippen MR) is 69.4 cm³/mol. The van der Waals surface area contributed by atoms with E-state index < -0.39 is 0 Å². The van der Waals surface area contributed by atoms with E-state index in [-0.39, 0.29) is 5.78 Å². The summed E-state index contributed by atoms with van der Waals surface area (Å²) in [6.45, 7) is 2.00. The summed E-state index contributed by atoms with van der Waals surface area (Å²) in [5.41, 5.74) is 8.15. The summed E-state index contributed by atoms with van der Waals surface area (Å²) in [5.74, 6) is 0.153. The van der Waals surface area contributed by atoms with E-state index in [0.29, 0.717) is 17.8 Å². The van der Waals surface area contributed by atoms with Gasteiger partial charge in [-0.2, -0.15) is 0 Å². The molecule has 88 valence electrons. The van der Waals surface area contributed by atoms with Gasteiger partial charge in [0.1, 0.15) is 0 Å². The number of benzene rings is 1. The van der Waals surface area contributed by atoms with Crippen molar-refractivity contribution in [1.29, 1.82) is 0 Å². The number of hydrogen-bond donors (Lipinski definition) is 1. The van der Waals surface area contributed by atoms with Crippen LogP contribution < -0.4 is 5.73 Å². The van der Waals surface area contributed by atoms with Crippen molar-refractivity contribution in [2.24, 2.45) is 0 Å². The molecule has 0 saturated carbocycles. The molecule has 0 radical (unpaired) electrons. The molecule has 0 aliphatic rings. The van der Waals surface area contributed by atoms with Gasteiger partial charge in [0.15, 0.2) is 5.78 Å². The molecule has 1 heterocycles. The minimum atomic E-state index is 0.153. The van der Waals surface area contributed by atoms with Crippen LogP contribution in [0.5, 0.6) is 0 Å². The van der Waals surface area contributed by atoms with Gasteiger partial charge in [0.25, 0.3) is 0 Å². The van der Waals surface area contributed by atoms with E-state index >= 15 is 0 Å². The Balaban J connectivity index is 2.44. The first-order valence-electron chi connectivity index (χ1n) is 5.79. The zero-order chi connectivity index (χ0) is 12.3. The van der Waals surface area contributed by atoms with E-state index in [0.717, 1.165) is 12.1 Å². The minimum Gasteiger partial charge on any atom is -0.397 e. The van der Waals surface area contributed by atoms with Crippen LogP contribution in [0.15, 0.2) is 42.6 Å². The summed E-state index contributed by atoms with van der Waals surface area (Å²) in [6.07, 6.45) is 3.29. The number of aromatic nitrogens is 1. The predicted octanol–water partition coefficient (Wildman–Crippen LogP) is 3.04. The van der Waals surface area contributed by atoms with Crippen molar-refractivity contribution in [2.75, 3.05) is 5.73 Å². The third-order valence-electron chi connectivity index (χ3n) is 2.71. The fourth-order valence-electron chi connectivity index (χ4n) is 1.88. The zero-order valence-electron chi connectivity index (χ0n) is 9.89.